The minimum atomic E-state index is -0.108. The van der Waals surface area contributed by atoms with Crippen LogP contribution in [-0.4, -0.2) is 25.2 Å². The van der Waals surface area contributed by atoms with Gasteiger partial charge in [-0.25, -0.2) is 4.39 Å². The third-order valence-corrected chi connectivity index (χ3v) is 4.65. The van der Waals surface area contributed by atoms with Crippen molar-refractivity contribution in [3.63, 3.8) is 0 Å². The highest BCUT2D eigenvalue weighted by atomic mass is 19.1. The van der Waals surface area contributed by atoms with Crippen LogP contribution >= 0.6 is 0 Å². The van der Waals surface area contributed by atoms with E-state index in [-0.39, 0.29) is 5.82 Å². The fourth-order valence-electron chi connectivity index (χ4n) is 3.02. The van der Waals surface area contributed by atoms with Crippen molar-refractivity contribution >= 4 is 5.69 Å². The topological polar surface area (TPSA) is 15.3 Å². The van der Waals surface area contributed by atoms with Gasteiger partial charge in [0, 0.05) is 25.2 Å². The number of benzene rings is 1. The molecule has 3 heteroatoms. The van der Waals surface area contributed by atoms with E-state index < -0.39 is 0 Å². The molecule has 2 rings (SSSR count). The first kappa shape index (κ1) is 15.3. The molecule has 2 nitrogen and oxygen atoms in total. The molecule has 0 bridgehead atoms. The van der Waals surface area contributed by atoms with Crippen molar-refractivity contribution in [3.05, 3.63) is 30.1 Å². The van der Waals surface area contributed by atoms with Crippen LogP contribution in [0.25, 0.3) is 0 Å². The second kappa shape index (κ2) is 6.57. The Hall–Kier alpha value is -1.09. The highest BCUT2D eigenvalue weighted by Gasteiger charge is 2.32. The minimum absolute atomic E-state index is 0.108. The van der Waals surface area contributed by atoms with E-state index in [1.165, 1.54) is 0 Å². The average molecular weight is 278 g/mol. The monoisotopic (exact) mass is 278 g/mol. The van der Waals surface area contributed by atoms with Crippen molar-refractivity contribution in [1.29, 1.82) is 0 Å². The first-order chi connectivity index (χ1) is 9.54. The lowest BCUT2D eigenvalue weighted by Gasteiger charge is -2.45. The SMILES string of the molecule is CCC(C)C1CN(c2ccccc2F)C(C(C)C)CN1. The number of anilines is 1. The van der Waals surface area contributed by atoms with E-state index in [4.69, 9.17) is 0 Å². The number of hydrogen-bond acceptors (Lipinski definition) is 2. The molecule has 3 atom stereocenters. The lowest BCUT2D eigenvalue weighted by molar-refractivity contribution is 0.280. The molecule has 1 aliphatic heterocycles. The lowest BCUT2D eigenvalue weighted by Crippen LogP contribution is -2.60. The zero-order valence-corrected chi connectivity index (χ0v) is 13.1. The van der Waals surface area contributed by atoms with E-state index in [2.05, 4.69) is 37.9 Å². The lowest BCUT2D eigenvalue weighted by atomic mass is 9.91. The molecule has 1 saturated heterocycles. The Morgan fingerprint density at radius 3 is 2.60 bits per heavy atom. The van der Waals surface area contributed by atoms with Crippen LogP contribution in [0.1, 0.15) is 34.1 Å². The summed E-state index contributed by atoms with van der Waals surface area (Å²) in [6, 6.07) is 7.95. The van der Waals surface area contributed by atoms with Crippen molar-refractivity contribution in [2.45, 2.75) is 46.2 Å². The zero-order chi connectivity index (χ0) is 14.7. The summed E-state index contributed by atoms with van der Waals surface area (Å²) in [5, 5.41) is 3.66. The highest BCUT2D eigenvalue weighted by Crippen LogP contribution is 2.28. The Balaban J connectivity index is 2.26. The number of nitrogens with one attached hydrogen (secondary N) is 1. The van der Waals surface area contributed by atoms with Crippen LogP contribution in [0, 0.1) is 17.7 Å². The van der Waals surface area contributed by atoms with Crippen LogP contribution in [0.15, 0.2) is 24.3 Å². The third-order valence-electron chi connectivity index (χ3n) is 4.65. The largest absolute Gasteiger partial charge is 0.363 e. The smallest absolute Gasteiger partial charge is 0.146 e. The molecular formula is C17H27FN2. The summed E-state index contributed by atoms with van der Waals surface area (Å²) >= 11 is 0. The molecule has 20 heavy (non-hydrogen) atoms. The second-order valence-electron chi connectivity index (χ2n) is 6.32. The summed E-state index contributed by atoms with van der Waals surface area (Å²) in [4.78, 5) is 2.27. The van der Waals surface area contributed by atoms with Crippen molar-refractivity contribution < 1.29 is 4.39 Å². The predicted molar refractivity (Wildman–Crippen MR) is 83.6 cm³/mol. The zero-order valence-electron chi connectivity index (χ0n) is 13.1. The van der Waals surface area contributed by atoms with Crippen LogP contribution in [0.4, 0.5) is 10.1 Å². The Morgan fingerprint density at radius 1 is 1.30 bits per heavy atom. The normalized spacial score (nSPS) is 25.0. The van der Waals surface area contributed by atoms with Gasteiger partial charge in [0.05, 0.1) is 5.69 Å². The number of halogens is 1. The molecule has 1 aromatic rings. The molecule has 0 aromatic heterocycles. The van der Waals surface area contributed by atoms with Crippen LogP contribution in [-0.2, 0) is 0 Å². The van der Waals surface area contributed by atoms with Crippen molar-refractivity contribution in [1.82, 2.24) is 5.32 Å². The second-order valence-corrected chi connectivity index (χ2v) is 6.32. The maximum atomic E-state index is 14.2. The number of piperazine rings is 1. The molecule has 0 saturated carbocycles. The Morgan fingerprint density at radius 2 is 2.00 bits per heavy atom. The number of nitrogens with zero attached hydrogens (tertiary/aromatic N) is 1. The van der Waals surface area contributed by atoms with Gasteiger partial charge in [-0.15, -0.1) is 0 Å². The molecule has 0 aliphatic carbocycles. The summed E-state index contributed by atoms with van der Waals surface area (Å²) in [6.45, 7) is 10.7. The Kier molecular flexibility index (Phi) is 5.03. The third kappa shape index (κ3) is 3.14. The van der Waals surface area contributed by atoms with Gasteiger partial charge < -0.3 is 10.2 Å². The van der Waals surface area contributed by atoms with Crippen molar-refractivity contribution in [2.75, 3.05) is 18.0 Å². The fourth-order valence-corrected chi connectivity index (χ4v) is 3.02. The average Bonchev–Trinajstić information content (AvgIpc) is 2.46. The van der Waals surface area contributed by atoms with Gasteiger partial charge in [0.25, 0.3) is 0 Å². The summed E-state index contributed by atoms with van der Waals surface area (Å²) in [6.07, 6.45) is 1.15. The summed E-state index contributed by atoms with van der Waals surface area (Å²) in [5.41, 5.74) is 0.751. The van der Waals surface area contributed by atoms with E-state index in [1.807, 2.05) is 12.1 Å². The molecular weight excluding hydrogens is 251 g/mol. The van der Waals surface area contributed by atoms with E-state index in [9.17, 15) is 4.39 Å². The van der Waals surface area contributed by atoms with Gasteiger partial charge in [-0.3, -0.25) is 0 Å². The molecule has 112 valence electrons. The van der Waals surface area contributed by atoms with E-state index in [1.54, 1.807) is 12.1 Å². The molecule has 1 aliphatic rings. The molecule has 1 N–H and O–H groups in total. The van der Waals surface area contributed by atoms with Gasteiger partial charge in [0.15, 0.2) is 0 Å². The maximum absolute atomic E-state index is 14.2. The van der Waals surface area contributed by atoms with E-state index in [0.29, 0.717) is 23.9 Å². The summed E-state index contributed by atoms with van der Waals surface area (Å²) in [7, 11) is 0. The number of hydrogen-bond donors (Lipinski definition) is 1. The van der Waals surface area contributed by atoms with Crippen LogP contribution in [0.5, 0.6) is 0 Å². The van der Waals surface area contributed by atoms with Gasteiger partial charge in [0.1, 0.15) is 5.82 Å². The molecule has 1 aromatic carbocycles. The molecule has 3 unspecified atom stereocenters. The Bertz CT molecular complexity index is 433. The fraction of sp³-hybridized carbons (Fsp3) is 0.647. The van der Waals surface area contributed by atoms with E-state index in [0.717, 1.165) is 25.2 Å². The summed E-state index contributed by atoms with van der Waals surface area (Å²) in [5.74, 6) is 1.00. The molecule has 1 heterocycles. The minimum Gasteiger partial charge on any atom is -0.363 e. The number of rotatable bonds is 4. The first-order valence-electron chi connectivity index (χ1n) is 7.79. The van der Waals surface area contributed by atoms with Gasteiger partial charge >= 0.3 is 0 Å². The molecule has 0 amide bonds. The van der Waals surface area contributed by atoms with Gasteiger partial charge in [-0.2, -0.15) is 0 Å². The van der Waals surface area contributed by atoms with Crippen molar-refractivity contribution in [3.8, 4) is 0 Å². The number of para-hydroxylation sites is 1. The van der Waals surface area contributed by atoms with Crippen LogP contribution < -0.4 is 10.2 Å². The quantitative estimate of drug-likeness (QED) is 0.904. The molecule has 0 spiro atoms. The molecule has 1 fully saturated rings. The van der Waals surface area contributed by atoms with Gasteiger partial charge in [-0.1, -0.05) is 46.2 Å². The predicted octanol–water partition coefficient (Wildman–Crippen LogP) is 3.67. The van der Waals surface area contributed by atoms with Crippen molar-refractivity contribution in [2.24, 2.45) is 11.8 Å². The first-order valence-corrected chi connectivity index (χ1v) is 7.79. The maximum Gasteiger partial charge on any atom is 0.146 e. The Labute approximate surface area is 122 Å². The molecule has 0 radical (unpaired) electrons. The standard InChI is InChI=1S/C17H27FN2/c1-5-13(4)15-11-20(17(10-19-15)12(2)3)16-9-7-6-8-14(16)18/h6-9,12-13,15,17,19H,5,10-11H2,1-4H3. The highest BCUT2D eigenvalue weighted by molar-refractivity contribution is 5.49. The van der Waals surface area contributed by atoms with Gasteiger partial charge in [-0.05, 0) is 24.0 Å². The van der Waals surface area contributed by atoms with Gasteiger partial charge in [0.2, 0.25) is 0 Å². The van der Waals surface area contributed by atoms with E-state index >= 15 is 0 Å². The van der Waals surface area contributed by atoms with Crippen LogP contribution in [0.2, 0.25) is 0 Å². The summed E-state index contributed by atoms with van der Waals surface area (Å²) < 4.78 is 14.2. The van der Waals surface area contributed by atoms with Crippen LogP contribution in [0.3, 0.4) is 0 Å².